The number of nitrogens with two attached hydrogens (primary N) is 1. The fourth-order valence-electron chi connectivity index (χ4n) is 3.51. The number of carbonyl (C=O) groups is 1. The number of rotatable bonds is 5. The van der Waals surface area contributed by atoms with E-state index in [1.54, 1.807) is 12.1 Å². The zero-order valence-electron chi connectivity index (χ0n) is 14.4. The van der Waals surface area contributed by atoms with E-state index in [4.69, 9.17) is 5.14 Å². The Morgan fingerprint density at radius 3 is 2.40 bits per heavy atom. The minimum Gasteiger partial charge on any atom is -0.368 e. The highest BCUT2D eigenvalue weighted by atomic mass is 32.2. The van der Waals surface area contributed by atoms with Crippen LogP contribution in [0, 0.1) is 5.92 Å². The van der Waals surface area contributed by atoms with Crippen LogP contribution < -0.4 is 15.4 Å². The van der Waals surface area contributed by atoms with Crippen molar-refractivity contribution in [2.75, 3.05) is 44.2 Å². The van der Waals surface area contributed by atoms with Gasteiger partial charge in [0.05, 0.1) is 4.90 Å². The zero-order valence-corrected chi connectivity index (χ0v) is 15.2. The first kappa shape index (κ1) is 18.2. The van der Waals surface area contributed by atoms with Crippen LogP contribution in [0.5, 0.6) is 0 Å². The summed E-state index contributed by atoms with van der Waals surface area (Å²) >= 11 is 0. The molecule has 1 unspecified atom stereocenters. The molecule has 25 heavy (non-hydrogen) atoms. The molecule has 2 aliphatic rings. The zero-order chi connectivity index (χ0) is 17.9. The van der Waals surface area contributed by atoms with E-state index in [1.807, 2.05) is 4.90 Å². The summed E-state index contributed by atoms with van der Waals surface area (Å²) in [5.41, 5.74) is 0.955. The number of sulfonamides is 1. The summed E-state index contributed by atoms with van der Waals surface area (Å²) in [6, 6.07) is 6.59. The summed E-state index contributed by atoms with van der Waals surface area (Å²) in [5, 5.41) is 8.46. The minimum atomic E-state index is -3.66. The summed E-state index contributed by atoms with van der Waals surface area (Å²) in [6.45, 7) is 5.03. The first-order valence-electron chi connectivity index (χ1n) is 8.80. The van der Waals surface area contributed by atoms with Gasteiger partial charge >= 0.3 is 0 Å². The van der Waals surface area contributed by atoms with Gasteiger partial charge in [-0.1, -0.05) is 0 Å². The van der Waals surface area contributed by atoms with Crippen molar-refractivity contribution in [1.29, 1.82) is 0 Å². The van der Waals surface area contributed by atoms with Gasteiger partial charge in [-0.2, -0.15) is 0 Å². The molecule has 0 saturated carbocycles. The number of hydrogen-bond acceptors (Lipinski definition) is 5. The van der Waals surface area contributed by atoms with Crippen LogP contribution in [0.2, 0.25) is 0 Å². The first-order valence-corrected chi connectivity index (χ1v) is 10.3. The van der Waals surface area contributed by atoms with Crippen molar-refractivity contribution in [1.82, 2.24) is 10.2 Å². The highest BCUT2D eigenvalue weighted by Gasteiger charge is 2.23. The molecule has 0 aliphatic carbocycles. The predicted octanol–water partition coefficient (Wildman–Crippen LogP) is 0.372. The third-order valence-corrected chi connectivity index (χ3v) is 6.02. The van der Waals surface area contributed by atoms with Gasteiger partial charge in [-0.25, -0.2) is 13.6 Å². The number of benzene rings is 1. The van der Waals surface area contributed by atoms with Crippen molar-refractivity contribution in [3.05, 3.63) is 24.3 Å². The molecule has 1 aromatic carbocycles. The molecule has 3 rings (SSSR count). The molecule has 0 radical (unpaired) electrons. The van der Waals surface area contributed by atoms with Crippen molar-refractivity contribution < 1.29 is 13.2 Å². The summed E-state index contributed by atoms with van der Waals surface area (Å²) < 4.78 is 22.6. The maximum Gasteiger partial charge on any atom is 0.238 e. The number of hydrogen-bond donors (Lipinski definition) is 2. The number of piperazine rings is 1. The number of nitrogens with zero attached hydrogens (tertiary/aromatic N) is 2. The normalized spacial score (nSPS) is 21.6. The van der Waals surface area contributed by atoms with Crippen LogP contribution in [-0.4, -0.2) is 58.5 Å². The van der Waals surface area contributed by atoms with Gasteiger partial charge in [-0.3, -0.25) is 4.79 Å². The van der Waals surface area contributed by atoms with Crippen LogP contribution in [0.3, 0.4) is 0 Å². The summed E-state index contributed by atoms with van der Waals surface area (Å²) in [6.07, 6.45) is 2.78. The fourth-order valence-corrected chi connectivity index (χ4v) is 4.02. The summed E-state index contributed by atoms with van der Waals surface area (Å²) in [4.78, 5) is 16.6. The average Bonchev–Trinajstić information content (AvgIpc) is 3.13. The maximum absolute atomic E-state index is 12.4. The smallest absolute Gasteiger partial charge is 0.238 e. The molecule has 2 aliphatic heterocycles. The van der Waals surface area contributed by atoms with E-state index >= 15 is 0 Å². The van der Waals surface area contributed by atoms with Gasteiger partial charge in [-0.05, 0) is 56.1 Å². The standard InChI is InChI=1S/C17H26N4O3S/c18-25(23,24)16-4-2-15(3-5-16)20-9-11-21(12-10-20)17(22)6-1-14-7-8-19-13-14/h2-5,14,19H,1,6-13H2,(H2,18,23,24). The molecule has 138 valence electrons. The Bertz CT molecular complexity index is 691. The lowest BCUT2D eigenvalue weighted by Gasteiger charge is -2.36. The Morgan fingerprint density at radius 1 is 1.16 bits per heavy atom. The van der Waals surface area contributed by atoms with Crippen molar-refractivity contribution >= 4 is 21.6 Å². The number of nitrogens with one attached hydrogen (secondary N) is 1. The van der Waals surface area contributed by atoms with Crippen molar-refractivity contribution in [3.63, 3.8) is 0 Å². The highest BCUT2D eigenvalue weighted by Crippen LogP contribution is 2.20. The molecule has 7 nitrogen and oxygen atoms in total. The van der Waals surface area contributed by atoms with Gasteiger partial charge in [0.2, 0.25) is 15.9 Å². The first-order chi connectivity index (χ1) is 11.9. The average molecular weight is 366 g/mol. The Labute approximate surface area is 149 Å². The van der Waals surface area contributed by atoms with Crippen molar-refractivity contribution in [2.45, 2.75) is 24.2 Å². The third kappa shape index (κ3) is 4.71. The number of anilines is 1. The molecule has 1 amide bonds. The molecule has 1 atom stereocenters. The van der Waals surface area contributed by atoms with E-state index in [1.165, 1.54) is 18.6 Å². The minimum absolute atomic E-state index is 0.117. The second-order valence-electron chi connectivity index (χ2n) is 6.80. The molecule has 2 heterocycles. The van der Waals surface area contributed by atoms with Crippen LogP contribution >= 0.6 is 0 Å². The fraction of sp³-hybridized carbons (Fsp3) is 0.588. The Hall–Kier alpha value is -1.64. The van der Waals surface area contributed by atoms with Crippen LogP contribution in [0.1, 0.15) is 19.3 Å². The van der Waals surface area contributed by atoms with E-state index in [-0.39, 0.29) is 10.8 Å². The number of amides is 1. The van der Waals surface area contributed by atoms with Gasteiger partial charge in [0.25, 0.3) is 0 Å². The van der Waals surface area contributed by atoms with Gasteiger partial charge in [-0.15, -0.1) is 0 Å². The molecule has 8 heteroatoms. The topological polar surface area (TPSA) is 95.7 Å². The lowest BCUT2D eigenvalue weighted by molar-refractivity contribution is -0.131. The Kier molecular flexibility index (Phi) is 5.61. The van der Waals surface area contributed by atoms with Gasteiger partial charge in [0.15, 0.2) is 0 Å². The summed E-state index contributed by atoms with van der Waals surface area (Å²) in [5.74, 6) is 0.888. The second kappa shape index (κ2) is 7.72. The van der Waals surface area contributed by atoms with Gasteiger partial charge in [0.1, 0.15) is 0 Å². The van der Waals surface area contributed by atoms with Gasteiger partial charge < -0.3 is 15.1 Å². The number of primary sulfonamides is 1. The van der Waals surface area contributed by atoms with Crippen LogP contribution in [0.15, 0.2) is 29.2 Å². The molecule has 2 fully saturated rings. The van der Waals surface area contributed by atoms with Crippen molar-refractivity contribution in [3.8, 4) is 0 Å². The van der Waals surface area contributed by atoms with E-state index in [9.17, 15) is 13.2 Å². The molecule has 0 aromatic heterocycles. The van der Waals surface area contributed by atoms with Crippen LogP contribution in [0.25, 0.3) is 0 Å². The Morgan fingerprint density at radius 2 is 1.84 bits per heavy atom. The van der Waals surface area contributed by atoms with E-state index in [0.717, 1.165) is 38.3 Å². The summed E-state index contributed by atoms with van der Waals surface area (Å²) in [7, 11) is -3.66. The molecule has 0 spiro atoms. The molecule has 2 saturated heterocycles. The molecular weight excluding hydrogens is 340 g/mol. The van der Waals surface area contributed by atoms with Crippen molar-refractivity contribution in [2.24, 2.45) is 11.1 Å². The van der Waals surface area contributed by atoms with E-state index in [2.05, 4.69) is 10.2 Å². The molecule has 0 bridgehead atoms. The second-order valence-corrected chi connectivity index (χ2v) is 8.37. The molecule has 3 N–H and O–H groups in total. The quantitative estimate of drug-likeness (QED) is 0.785. The SMILES string of the molecule is NS(=O)(=O)c1ccc(N2CCN(C(=O)CCC3CCNC3)CC2)cc1. The lowest BCUT2D eigenvalue weighted by atomic mass is 10.0. The number of carbonyl (C=O) groups excluding carboxylic acids is 1. The van der Waals surface area contributed by atoms with Crippen LogP contribution in [-0.2, 0) is 14.8 Å². The maximum atomic E-state index is 12.4. The highest BCUT2D eigenvalue weighted by molar-refractivity contribution is 7.89. The van der Waals surface area contributed by atoms with Crippen LogP contribution in [0.4, 0.5) is 5.69 Å². The lowest BCUT2D eigenvalue weighted by Crippen LogP contribution is -2.48. The Balaban J connectivity index is 1.48. The monoisotopic (exact) mass is 366 g/mol. The predicted molar refractivity (Wildman–Crippen MR) is 96.8 cm³/mol. The third-order valence-electron chi connectivity index (χ3n) is 5.09. The molecular formula is C17H26N4O3S. The largest absolute Gasteiger partial charge is 0.368 e. The molecule has 1 aromatic rings. The van der Waals surface area contributed by atoms with Gasteiger partial charge in [0, 0.05) is 38.3 Å². The van der Waals surface area contributed by atoms with E-state index < -0.39 is 10.0 Å². The van der Waals surface area contributed by atoms with E-state index in [0.29, 0.717) is 25.4 Å².